The Bertz CT molecular complexity index is 1160. The molecule has 2 N–H and O–H groups in total. The van der Waals surface area contributed by atoms with Crippen LogP contribution in [0, 0.1) is 4.77 Å². The van der Waals surface area contributed by atoms with E-state index in [2.05, 4.69) is 10.3 Å². The lowest BCUT2D eigenvalue weighted by atomic mass is 9.95. The first-order valence-corrected chi connectivity index (χ1v) is 10.2. The van der Waals surface area contributed by atoms with Crippen LogP contribution in [0.15, 0.2) is 47.3 Å². The number of hydrogen-bond donors (Lipinski definition) is 2. The molecule has 1 saturated carbocycles. The van der Waals surface area contributed by atoms with Crippen LogP contribution in [0.3, 0.4) is 0 Å². The zero-order valence-electron chi connectivity index (χ0n) is 15.2. The lowest BCUT2D eigenvalue weighted by molar-refractivity contribution is 0.0927. The Kier molecular flexibility index (Phi) is 5.33. The van der Waals surface area contributed by atoms with E-state index in [4.69, 9.17) is 23.8 Å². The first-order valence-electron chi connectivity index (χ1n) is 9.39. The van der Waals surface area contributed by atoms with Crippen LogP contribution in [0.4, 0.5) is 0 Å². The van der Waals surface area contributed by atoms with Crippen molar-refractivity contribution in [3.05, 3.63) is 68.2 Å². The van der Waals surface area contributed by atoms with Crippen molar-refractivity contribution in [2.45, 2.75) is 38.1 Å². The summed E-state index contributed by atoms with van der Waals surface area (Å²) < 4.78 is 1.66. The van der Waals surface area contributed by atoms with Crippen molar-refractivity contribution in [1.82, 2.24) is 14.9 Å². The molecule has 4 rings (SSSR count). The highest BCUT2D eigenvalue weighted by Crippen LogP contribution is 2.19. The number of fused-ring (bicyclic) bond motifs is 1. The van der Waals surface area contributed by atoms with Crippen molar-refractivity contribution in [1.29, 1.82) is 0 Å². The molecule has 0 aliphatic heterocycles. The first kappa shape index (κ1) is 18.9. The van der Waals surface area contributed by atoms with Gasteiger partial charge in [-0.25, -0.2) is 0 Å². The van der Waals surface area contributed by atoms with Gasteiger partial charge in [0.2, 0.25) is 0 Å². The molecule has 0 radical (unpaired) electrons. The number of halogens is 1. The third-order valence-corrected chi connectivity index (χ3v) is 5.69. The summed E-state index contributed by atoms with van der Waals surface area (Å²) in [6.45, 7) is 0. The molecule has 1 heterocycles. The van der Waals surface area contributed by atoms with Gasteiger partial charge in [0.15, 0.2) is 4.77 Å². The van der Waals surface area contributed by atoms with Crippen LogP contribution in [0.25, 0.3) is 16.6 Å². The molecule has 2 aromatic carbocycles. The van der Waals surface area contributed by atoms with E-state index in [9.17, 15) is 9.59 Å². The number of H-pyrrole nitrogens is 1. The summed E-state index contributed by atoms with van der Waals surface area (Å²) in [6.07, 6.45) is 5.57. The van der Waals surface area contributed by atoms with Crippen molar-refractivity contribution in [3.63, 3.8) is 0 Å². The highest BCUT2D eigenvalue weighted by molar-refractivity contribution is 7.71. The maximum absolute atomic E-state index is 13.0. The van der Waals surface area contributed by atoms with Crippen LogP contribution in [-0.2, 0) is 0 Å². The summed E-state index contributed by atoms with van der Waals surface area (Å²) in [4.78, 5) is 28.7. The van der Waals surface area contributed by atoms with Crippen LogP contribution < -0.4 is 10.9 Å². The largest absolute Gasteiger partial charge is 0.349 e. The van der Waals surface area contributed by atoms with Crippen LogP contribution in [-0.4, -0.2) is 21.5 Å². The first-order chi connectivity index (χ1) is 13.5. The SMILES string of the molecule is O=C(NC1CCCCC1)c1cccc(-n2c(=S)[nH]c3cc(Cl)ccc3c2=O)c1. The topological polar surface area (TPSA) is 66.9 Å². The fourth-order valence-electron chi connectivity index (χ4n) is 3.73. The lowest BCUT2D eigenvalue weighted by Crippen LogP contribution is -2.36. The molecule has 7 heteroatoms. The molecule has 1 fully saturated rings. The van der Waals surface area contributed by atoms with Crippen LogP contribution in [0.2, 0.25) is 5.02 Å². The predicted octanol–water partition coefficient (Wildman–Crippen LogP) is 4.76. The Morgan fingerprint density at radius 3 is 2.71 bits per heavy atom. The van der Waals surface area contributed by atoms with Gasteiger partial charge in [-0.05, 0) is 61.5 Å². The fourth-order valence-corrected chi connectivity index (χ4v) is 4.20. The van der Waals surface area contributed by atoms with E-state index in [1.54, 1.807) is 42.5 Å². The van der Waals surface area contributed by atoms with Crippen molar-refractivity contribution < 1.29 is 4.79 Å². The molecular weight excluding hydrogens is 394 g/mol. The van der Waals surface area contributed by atoms with Gasteiger partial charge in [-0.1, -0.05) is 36.9 Å². The molecule has 0 bridgehead atoms. The average molecular weight is 414 g/mol. The number of hydrogen-bond acceptors (Lipinski definition) is 3. The smallest absolute Gasteiger partial charge is 0.266 e. The van der Waals surface area contributed by atoms with Gasteiger partial charge in [0.1, 0.15) is 0 Å². The number of amides is 1. The summed E-state index contributed by atoms with van der Waals surface area (Å²) >= 11 is 11.4. The fraction of sp³-hybridized carbons (Fsp3) is 0.286. The molecule has 0 atom stereocenters. The zero-order valence-corrected chi connectivity index (χ0v) is 16.8. The van der Waals surface area contributed by atoms with E-state index in [0.717, 1.165) is 25.7 Å². The van der Waals surface area contributed by atoms with E-state index in [0.29, 0.717) is 27.2 Å². The number of rotatable bonds is 3. The third kappa shape index (κ3) is 3.75. The van der Waals surface area contributed by atoms with Crippen molar-refractivity contribution in [3.8, 4) is 5.69 Å². The Hall–Kier alpha value is -2.44. The number of aromatic amines is 1. The highest BCUT2D eigenvalue weighted by Gasteiger charge is 2.17. The van der Waals surface area contributed by atoms with Crippen molar-refractivity contribution in [2.75, 3.05) is 0 Å². The van der Waals surface area contributed by atoms with Gasteiger partial charge in [-0.3, -0.25) is 14.2 Å². The van der Waals surface area contributed by atoms with E-state index < -0.39 is 0 Å². The van der Waals surface area contributed by atoms with Crippen LogP contribution in [0.5, 0.6) is 0 Å². The number of carbonyl (C=O) groups excluding carboxylic acids is 1. The minimum absolute atomic E-state index is 0.121. The quantitative estimate of drug-likeness (QED) is 0.608. The third-order valence-electron chi connectivity index (χ3n) is 5.17. The maximum Gasteiger partial charge on any atom is 0.266 e. The van der Waals surface area contributed by atoms with E-state index >= 15 is 0 Å². The lowest BCUT2D eigenvalue weighted by Gasteiger charge is -2.22. The monoisotopic (exact) mass is 413 g/mol. The second-order valence-corrected chi connectivity index (χ2v) is 7.94. The van der Waals surface area contributed by atoms with Crippen molar-refractivity contribution in [2.24, 2.45) is 0 Å². The molecule has 1 aromatic heterocycles. The number of benzene rings is 2. The summed E-state index contributed by atoms with van der Waals surface area (Å²) in [7, 11) is 0. The zero-order chi connectivity index (χ0) is 19.7. The number of aromatic nitrogens is 2. The maximum atomic E-state index is 13.0. The van der Waals surface area contributed by atoms with Crippen LogP contribution >= 0.6 is 23.8 Å². The molecule has 28 heavy (non-hydrogen) atoms. The molecule has 0 unspecified atom stereocenters. The number of nitrogens with one attached hydrogen (secondary N) is 2. The average Bonchev–Trinajstić information content (AvgIpc) is 2.68. The van der Waals surface area contributed by atoms with Crippen molar-refractivity contribution >= 4 is 40.6 Å². The van der Waals surface area contributed by atoms with Gasteiger partial charge in [0.25, 0.3) is 11.5 Å². The number of carbonyl (C=O) groups is 1. The summed E-state index contributed by atoms with van der Waals surface area (Å²) in [6, 6.07) is 12.2. The molecular formula is C21H20ClN3O2S. The molecule has 144 valence electrons. The van der Waals surface area contributed by atoms with Gasteiger partial charge in [-0.15, -0.1) is 0 Å². The Morgan fingerprint density at radius 1 is 1.14 bits per heavy atom. The molecule has 3 aromatic rings. The van der Waals surface area contributed by atoms with Gasteiger partial charge in [-0.2, -0.15) is 0 Å². The Labute approximate surface area is 172 Å². The van der Waals surface area contributed by atoms with Gasteiger partial charge in [0.05, 0.1) is 16.6 Å². The molecule has 0 saturated heterocycles. The molecule has 0 spiro atoms. The molecule has 1 amide bonds. The second kappa shape index (κ2) is 7.89. The van der Waals surface area contributed by atoms with Gasteiger partial charge >= 0.3 is 0 Å². The minimum Gasteiger partial charge on any atom is -0.349 e. The standard InChI is InChI=1S/C21H20ClN3O2S/c22-14-9-10-17-18(12-14)24-21(28)25(20(17)27)16-8-4-5-13(11-16)19(26)23-15-6-2-1-3-7-15/h4-5,8-12,15H,1-3,6-7H2,(H,23,26)(H,24,28). The van der Waals surface area contributed by atoms with E-state index in [1.807, 2.05) is 0 Å². The van der Waals surface area contributed by atoms with E-state index in [1.165, 1.54) is 11.0 Å². The van der Waals surface area contributed by atoms with E-state index in [-0.39, 0.29) is 22.3 Å². The highest BCUT2D eigenvalue weighted by atomic mass is 35.5. The van der Waals surface area contributed by atoms with Gasteiger partial charge in [0, 0.05) is 16.6 Å². The van der Waals surface area contributed by atoms with Gasteiger partial charge < -0.3 is 10.3 Å². The molecule has 1 aliphatic carbocycles. The molecule has 1 aliphatic rings. The second-order valence-electron chi connectivity index (χ2n) is 7.12. The normalized spacial score (nSPS) is 14.9. The molecule has 5 nitrogen and oxygen atoms in total. The summed E-state index contributed by atoms with van der Waals surface area (Å²) in [5, 5.41) is 4.11. The summed E-state index contributed by atoms with van der Waals surface area (Å²) in [5.41, 5.74) is 1.41. The summed E-state index contributed by atoms with van der Waals surface area (Å²) in [5.74, 6) is -0.121. The predicted molar refractivity (Wildman–Crippen MR) is 114 cm³/mol. The van der Waals surface area contributed by atoms with Crippen LogP contribution in [0.1, 0.15) is 42.5 Å². The Balaban J connectivity index is 1.71. The number of nitrogens with zero attached hydrogens (tertiary/aromatic N) is 1. The Morgan fingerprint density at radius 2 is 1.93 bits per heavy atom. The minimum atomic E-state index is -0.250.